The van der Waals surface area contributed by atoms with Gasteiger partial charge in [0.15, 0.2) is 0 Å². The summed E-state index contributed by atoms with van der Waals surface area (Å²) in [6, 6.07) is 15.0. The normalized spacial score (nSPS) is 11.3. The molecular formula is C22H25NO5. The molecule has 148 valence electrons. The molecule has 2 aromatic carbocycles. The van der Waals surface area contributed by atoms with Crippen LogP contribution in [-0.2, 0) is 25.7 Å². The minimum Gasteiger partial charge on any atom is -0.503 e. The number of esters is 1. The Labute approximate surface area is 165 Å². The smallest absolute Gasteiger partial charge is 0.341 e. The highest BCUT2D eigenvalue weighted by atomic mass is 16.6. The van der Waals surface area contributed by atoms with E-state index in [1.54, 1.807) is 6.21 Å². The molecule has 6 heteroatoms. The average molecular weight is 383 g/mol. The van der Waals surface area contributed by atoms with Crippen molar-refractivity contribution in [2.24, 2.45) is 5.16 Å². The standard InChI is InChI=1S/C22H25NO5/c1-4-12-28-23-14-17-8-7-10-19(13-17)27-15-18-9-5-6-11-20(18)21(16-25-2)22(24)26-3/h5-11,13-14,16H,4,12,15H2,1-3H3/b21-16-,23-14+. The van der Waals surface area contributed by atoms with Crippen LogP contribution in [0.5, 0.6) is 5.75 Å². The zero-order chi connectivity index (χ0) is 20.2. The number of methoxy groups -OCH3 is 2. The number of benzene rings is 2. The Morgan fingerprint density at radius 3 is 2.68 bits per heavy atom. The summed E-state index contributed by atoms with van der Waals surface area (Å²) in [5, 5.41) is 3.92. The molecular weight excluding hydrogens is 358 g/mol. The first-order chi connectivity index (χ1) is 13.7. The lowest BCUT2D eigenvalue weighted by molar-refractivity contribution is -0.133. The van der Waals surface area contributed by atoms with E-state index in [2.05, 4.69) is 5.16 Å². The van der Waals surface area contributed by atoms with Gasteiger partial charge in [0.05, 0.1) is 26.7 Å². The summed E-state index contributed by atoms with van der Waals surface area (Å²) < 4.78 is 15.8. The lowest BCUT2D eigenvalue weighted by atomic mass is 10.0. The molecule has 0 atom stereocenters. The van der Waals surface area contributed by atoms with Crippen LogP contribution in [0, 0.1) is 0 Å². The molecule has 0 bridgehead atoms. The molecule has 0 aliphatic rings. The Morgan fingerprint density at radius 2 is 1.93 bits per heavy atom. The minimum atomic E-state index is -0.473. The predicted octanol–water partition coefficient (Wildman–Crippen LogP) is 4.19. The van der Waals surface area contributed by atoms with E-state index in [1.165, 1.54) is 20.5 Å². The molecule has 0 saturated heterocycles. The van der Waals surface area contributed by atoms with Crippen LogP contribution in [0.25, 0.3) is 5.57 Å². The predicted molar refractivity (Wildman–Crippen MR) is 108 cm³/mol. The highest BCUT2D eigenvalue weighted by Crippen LogP contribution is 2.23. The quantitative estimate of drug-likeness (QED) is 0.154. The van der Waals surface area contributed by atoms with E-state index in [9.17, 15) is 4.79 Å². The van der Waals surface area contributed by atoms with Crippen LogP contribution < -0.4 is 4.74 Å². The SMILES string of the molecule is CCCO/N=C/c1cccc(OCc2ccccc2/C(=C/OC)C(=O)OC)c1. The van der Waals surface area contributed by atoms with E-state index in [0.29, 0.717) is 23.5 Å². The lowest BCUT2D eigenvalue weighted by Crippen LogP contribution is -2.08. The zero-order valence-electron chi connectivity index (χ0n) is 16.4. The fourth-order valence-electron chi connectivity index (χ4n) is 2.45. The monoisotopic (exact) mass is 383 g/mol. The van der Waals surface area contributed by atoms with Crippen molar-refractivity contribution in [3.8, 4) is 5.75 Å². The van der Waals surface area contributed by atoms with E-state index in [-0.39, 0.29) is 6.61 Å². The molecule has 2 rings (SSSR count). The van der Waals surface area contributed by atoms with Gasteiger partial charge in [-0.2, -0.15) is 0 Å². The summed E-state index contributed by atoms with van der Waals surface area (Å²) in [6.45, 7) is 2.89. The molecule has 0 spiro atoms. The number of carbonyl (C=O) groups is 1. The zero-order valence-corrected chi connectivity index (χ0v) is 16.4. The third-order valence-corrected chi connectivity index (χ3v) is 3.77. The van der Waals surface area contributed by atoms with Crippen molar-refractivity contribution < 1.29 is 23.8 Å². The van der Waals surface area contributed by atoms with Crippen LogP contribution in [0.2, 0.25) is 0 Å². The maximum Gasteiger partial charge on any atom is 0.341 e. The number of nitrogens with zero attached hydrogens (tertiary/aromatic N) is 1. The van der Waals surface area contributed by atoms with Crippen molar-refractivity contribution >= 4 is 17.8 Å². The Bertz CT molecular complexity index is 829. The largest absolute Gasteiger partial charge is 0.503 e. The van der Waals surface area contributed by atoms with Crippen LogP contribution in [0.1, 0.15) is 30.0 Å². The van der Waals surface area contributed by atoms with Crippen molar-refractivity contribution in [2.45, 2.75) is 20.0 Å². The van der Waals surface area contributed by atoms with Crippen LogP contribution >= 0.6 is 0 Å². The number of rotatable bonds is 10. The van der Waals surface area contributed by atoms with Gasteiger partial charge in [-0.3, -0.25) is 0 Å². The first kappa shape index (κ1) is 21.0. The Hall–Kier alpha value is -3.28. The molecule has 0 saturated carbocycles. The second-order valence-electron chi connectivity index (χ2n) is 5.84. The first-order valence-corrected chi connectivity index (χ1v) is 8.97. The summed E-state index contributed by atoms with van der Waals surface area (Å²) in [7, 11) is 2.82. The summed E-state index contributed by atoms with van der Waals surface area (Å²) in [6.07, 6.45) is 3.93. The molecule has 0 aliphatic heterocycles. The van der Waals surface area contributed by atoms with Gasteiger partial charge in [0.2, 0.25) is 0 Å². The van der Waals surface area contributed by atoms with E-state index in [0.717, 1.165) is 17.5 Å². The third-order valence-electron chi connectivity index (χ3n) is 3.77. The number of hydrogen-bond acceptors (Lipinski definition) is 6. The number of ether oxygens (including phenoxy) is 3. The van der Waals surface area contributed by atoms with Gasteiger partial charge in [-0.15, -0.1) is 0 Å². The van der Waals surface area contributed by atoms with E-state index >= 15 is 0 Å². The molecule has 0 aromatic heterocycles. The third kappa shape index (κ3) is 6.16. The lowest BCUT2D eigenvalue weighted by Gasteiger charge is -2.13. The number of carbonyl (C=O) groups excluding carboxylic acids is 1. The topological polar surface area (TPSA) is 66.3 Å². The molecule has 0 N–H and O–H groups in total. The van der Waals surface area contributed by atoms with E-state index < -0.39 is 5.97 Å². The fourth-order valence-corrected chi connectivity index (χ4v) is 2.45. The molecule has 0 radical (unpaired) electrons. The average Bonchev–Trinajstić information content (AvgIpc) is 2.74. The molecule has 2 aromatic rings. The maximum absolute atomic E-state index is 12.1. The van der Waals surface area contributed by atoms with Gasteiger partial charge < -0.3 is 19.0 Å². The van der Waals surface area contributed by atoms with Crippen molar-refractivity contribution in [1.29, 1.82) is 0 Å². The van der Waals surface area contributed by atoms with E-state index in [1.807, 2.05) is 55.5 Å². The van der Waals surface area contributed by atoms with Gasteiger partial charge in [-0.1, -0.05) is 48.5 Å². The van der Waals surface area contributed by atoms with Crippen LogP contribution in [0.15, 0.2) is 59.9 Å². The highest BCUT2D eigenvalue weighted by Gasteiger charge is 2.16. The van der Waals surface area contributed by atoms with Gasteiger partial charge >= 0.3 is 5.97 Å². The van der Waals surface area contributed by atoms with Gasteiger partial charge in [0.1, 0.15) is 24.5 Å². The summed E-state index contributed by atoms with van der Waals surface area (Å²) in [5.74, 6) is 0.212. The molecule has 0 fully saturated rings. The van der Waals surface area contributed by atoms with Crippen molar-refractivity contribution in [3.05, 3.63) is 71.5 Å². The number of hydrogen-bond donors (Lipinski definition) is 0. The molecule has 0 unspecified atom stereocenters. The Morgan fingerprint density at radius 1 is 1.11 bits per heavy atom. The second kappa shape index (κ2) is 11.4. The van der Waals surface area contributed by atoms with Gasteiger partial charge in [0, 0.05) is 0 Å². The first-order valence-electron chi connectivity index (χ1n) is 8.97. The van der Waals surface area contributed by atoms with Crippen molar-refractivity contribution in [2.75, 3.05) is 20.8 Å². The Balaban J connectivity index is 2.14. The molecule has 0 amide bonds. The van der Waals surface area contributed by atoms with Gasteiger partial charge in [0.25, 0.3) is 0 Å². The number of oxime groups is 1. The molecule has 28 heavy (non-hydrogen) atoms. The maximum atomic E-state index is 12.1. The summed E-state index contributed by atoms with van der Waals surface area (Å²) in [5.41, 5.74) is 2.73. The molecule has 6 nitrogen and oxygen atoms in total. The Kier molecular flexibility index (Phi) is 8.59. The van der Waals surface area contributed by atoms with Crippen molar-refractivity contribution in [1.82, 2.24) is 0 Å². The van der Waals surface area contributed by atoms with E-state index in [4.69, 9.17) is 19.0 Å². The summed E-state index contributed by atoms with van der Waals surface area (Å²) >= 11 is 0. The molecule has 0 aliphatic carbocycles. The summed E-state index contributed by atoms with van der Waals surface area (Å²) in [4.78, 5) is 17.2. The van der Waals surface area contributed by atoms with Gasteiger partial charge in [-0.25, -0.2) is 4.79 Å². The van der Waals surface area contributed by atoms with Crippen LogP contribution in [0.4, 0.5) is 0 Å². The fraction of sp³-hybridized carbons (Fsp3) is 0.273. The second-order valence-corrected chi connectivity index (χ2v) is 5.84. The van der Waals surface area contributed by atoms with Crippen LogP contribution in [0.3, 0.4) is 0 Å². The molecule has 0 heterocycles. The van der Waals surface area contributed by atoms with Gasteiger partial charge in [-0.05, 0) is 35.2 Å². The van der Waals surface area contributed by atoms with Crippen molar-refractivity contribution in [3.63, 3.8) is 0 Å². The minimum absolute atomic E-state index is 0.279. The van der Waals surface area contributed by atoms with Crippen LogP contribution in [-0.4, -0.2) is 33.0 Å². The highest BCUT2D eigenvalue weighted by molar-refractivity contribution is 6.16.